The minimum absolute atomic E-state index is 0.189. The van der Waals surface area contributed by atoms with E-state index in [1.54, 1.807) is 6.92 Å². The van der Waals surface area contributed by atoms with Gasteiger partial charge in [-0.2, -0.15) is 0 Å². The van der Waals surface area contributed by atoms with Crippen LogP contribution in [0.2, 0.25) is 0 Å². The molecule has 0 aliphatic rings. The third-order valence-electron chi connectivity index (χ3n) is 1.65. The molecule has 0 unspecified atom stereocenters. The summed E-state index contributed by atoms with van der Waals surface area (Å²) in [6.07, 6.45) is -0.371. The lowest BCUT2D eigenvalue weighted by Gasteiger charge is -2.26. The predicted molar refractivity (Wildman–Crippen MR) is 49.9 cm³/mol. The van der Waals surface area contributed by atoms with Crippen LogP contribution in [0.5, 0.6) is 0 Å². The molecule has 84 valence electrons. The van der Waals surface area contributed by atoms with Crippen LogP contribution in [0.15, 0.2) is 0 Å². The van der Waals surface area contributed by atoms with Gasteiger partial charge in [0, 0.05) is 7.05 Å². The summed E-state index contributed by atoms with van der Waals surface area (Å²) < 4.78 is 36.2. The third-order valence-corrected chi connectivity index (χ3v) is 1.65. The molecule has 0 aliphatic heterocycles. The van der Waals surface area contributed by atoms with Crippen LogP contribution in [0.4, 0.5) is 12.9 Å². The number of hydrogen-bond donors (Lipinski definition) is 1. The Balaban J connectivity index is 4.08. The molecule has 0 aromatic rings. The van der Waals surface area contributed by atoms with Gasteiger partial charge in [-0.05, 0) is 19.4 Å². The quantitative estimate of drug-likeness (QED) is 0.660. The lowest BCUT2D eigenvalue weighted by atomic mass is 9.91. The number of hydrogen-bond acceptors (Lipinski definition) is 2. The largest absolute Gasteiger partial charge is 0.492 e. The van der Waals surface area contributed by atoms with Gasteiger partial charge in [-0.25, -0.2) is 0 Å². The number of carbonyl (C=O) groups is 1. The molecule has 0 saturated heterocycles. The molecule has 0 aromatic heterocycles. The Morgan fingerprint density at radius 1 is 1.43 bits per heavy atom. The number of amides is 1. The fraction of sp³-hybridized carbons (Fsp3) is 0.857. The van der Waals surface area contributed by atoms with Gasteiger partial charge in [0.25, 0.3) is 0 Å². The van der Waals surface area contributed by atoms with Crippen molar-refractivity contribution >= 4 is 12.9 Å². The van der Waals surface area contributed by atoms with Gasteiger partial charge in [0.05, 0.1) is 6.54 Å². The molecule has 0 aromatic carbocycles. The number of carbonyl (C=O) groups excluding carboxylic acids is 1. The van der Waals surface area contributed by atoms with Gasteiger partial charge in [0.2, 0.25) is 5.91 Å². The van der Waals surface area contributed by atoms with Gasteiger partial charge < -0.3 is 23.2 Å². The zero-order chi connectivity index (χ0) is 11.2. The van der Waals surface area contributed by atoms with E-state index in [1.165, 1.54) is 7.05 Å². The SMILES string of the molecule is CCCN(CC(=O)NC)C[B-](F)(F)F. The molecule has 0 saturated carbocycles. The van der Waals surface area contributed by atoms with Gasteiger partial charge in [0.15, 0.2) is 0 Å². The highest BCUT2D eigenvalue weighted by Gasteiger charge is 2.26. The molecule has 0 radical (unpaired) electrons. The second-order valence-electron chi connectivity index (χ2n) is 3.12. The van der Waals surface area contributed by atoms with Gasteiger partial charge in [0.1, 0.15) is 0 Å². The lowest BCUT2D eigenvalue weighted by molar-refractivity contribution is -0.121. The monoisotopic (exact) mass is 211 g/mol. The number of rotatable bonds is 6. The van der Waals surface area contributed by atoms with Gasteiger partial charge in [-0.3, -0.25) is 4.79 Å². The molecule has 0 heterocycles. The van der Waals surface area contributed by atoms with Gasteiger partial charge in [-0.15, -0.1) is 0 Å². The van der Waals surface area contributed by atoms with E-state index < -0.39 is 19.3 Å². The first kappa shape index (κ1) is 13.3. The molecular weight excluding hydrogens is 196 g/mol. The Bertz CT molecular complexity index is 186. The van der Waals surface area contributed by atoms with Crippen LogP contribution in [-0.4, -0.2) is 44.4 Å². The fourth-order valence-electron chi connectivity index (χ4n) is 1.13. The minimum atomic E-state index is -4.85. The third kappa shape index (κ3) is 6.76. The summed E-state index contributed by atoms with van der Waals surface area (Å²) in [5.74, 6) is -0.390. The van der Waals surface area contributed by atoms with E-state index in [9.17, 15) is 17.7 Å². The van der Waals surface area contributed by atoms with Crippen LogP contribution in [0.1, 0.15) is 13.3 Å². The van der Waals surface area contributed by atoms with Crippen LogP contribution in [-0.2, 0) is 4.79 Å². The summed E-state index contributed by atoms with van der Waals surface area (Å²) in [5, 5.41) is 2.30. The lowest BCUT2D eigenvalue weighted by Crippen LogP contribution is -2.43. The van der Waals surface area contributed by atoms with Crippen LogP contribution in [0.3, 0.4) is 0 Å². The van der Waals surface area contributed by atoms with Crippen LogP contribution in [0.25, 0.3) is 0 Å². The maximum absolute atomic E-state index is 12.1. The Hall–Kier alpha value is -0.715. The molecule has 14 heavy (non-hydrogen) atoms. The van der Waals surface area contributed by atoms with Crippen LogP contribution < -0.4 is 5.32 Å². The molecule has 0 aliphatic carbocycles. The van der Waals surface area contributed by atoms with E-state index >= 15 is 0 Å². The summed E-state index contributed by atoms with van der Waals surface area (Å²) in [7, 11) is 1.41. The number of likely N-dealkylation sites (N-methyl/N-ethyl adjacent to an activating group) is 1. The van der Waals surface area contributed by atoms with Crippen molar-refractivity contribution in [1.29, 1.82) is 0 Å². The fourth-order valence-corrected chi connectivity index (χ4v) is 1.13. The van der Waals surface area contributed by atoms with E-state index in [-0.39, 0.29) is 13.1 Å². The minimum Gasteiger partial charge on any atom is -0.448 e. The van der Waals surface area contributed by atoms with Crippen molar-refractivity contribution in [3.63, 3.8) is 0 Å². The predicted octanol–water partition coefficient (Wildman–Crippen LogP) is 0.831. The summed E-state index contributed by atoms with van der Waals surface area (Å²) >= 11 is 0. The Labute approximate surface area is 81.7 Å². The second-order valence-corrected chi connectivity index (χ2v) is 3.12. The van der Waals surface area contributed by atoms with Gasteiger partial charge >= 0.3 is 6.98 Å². The van der Waals surface area contributed by atoms with E-state index in [0.29, 0.717) is 6.42 Å². The van der Waals surface area contributed by atoms with Crippen molar-refractivity contribution in [2.24, 2.45) is 0 Å². The molecule has 1 amide bonds. The van der Waals surface area contributed by atoms with Crippen molar-refractivity contribution in [3.05, 3.63) is 0 Å². The summed E-state index contributed by atoms with van der Waals surface area (Å²) in [6, 6.07) is 0. The molecule has 1 N–H and O–H groups in total. The summed E-state index contributed by atoms with van der Waals surface area (Å²) in [4.78, 5) is 12.0. The van der Waals surface area contributed by atoms with Crippen molar-refractivity contribution in [1.82, 2.24) is 10.2 Å². The average molecular weight is 211 g/mol. The Kier molecular flexibility index (Phi) is 5.60. The first-order chi connectivity index (χ1) is 6.39. The zero-order valence-electron chi connectivity index (χ0n) is 8.40. The summed E-state index contributed by atoms with van der Waals surface area (Å²) in [5.41, 5.74) is 0. The first-order valence-electron chi connectivity index (χ1n) is 4.53. The molecule has 3 nitrogen and oxygen atoms in total. The highest BCUT2D eigenvalue weighted by Crippen LogP contribution is 2.10. The van der Waals surface area contributed by atoms with Crippen molar-refractivity contribution < 1.29 is 17.7 Å². The van der Waals surface area contributed by atoms with Crippen LogP contribution >= 0.6 is 0 Å². The molecular formula is C7H15BF3N2O-. The zero-order valence-corrected chi connectivity index (χ0v) is 8.40. The van der Waals surface area contributed by atoms with E-state index in [1.807, 2.05) is 0 Å². The number of nitrogens with one attached hydrogen (secondary N) is 1. The maximum Gasteiger partial charge on any atom is 0.492 e. The molecule has 0 bridgehead atoms. The topological polar surface area (TPSA) is 32.3 Å². The second kappa shape index (κ2) is 5.90. The van der Waals surface area contributed by atoms with Crippen LogP contribution in [0, 0.1) is 0 Å². The highest BCUT2D eigenvalue weighted by atomic mass is 19.4. The van der Waals surface area contributed by atoms with Crippen molar-refractivity contribution in [3.8, 4) is 0 Å². The molecule has 0 atom stereocenters. The standard InChI is InChI=1S/C7H15BF3N2O/c1-3-4-13(5-7(14)12-2)6-8(9,10)11/h3-6H2,1-2H3,(H,12,14)/q-1. The molecule has 0 fully saturated rings. The normalized spacial score (nSPS) is 11.9. The average Bonchev–Trinajstić information content (AvgIpc) is 2.01. The van der Waals surface area contributed by atoms with E-state index in [4.69, 9.17) is 0 Å². The van der Waals surface area contributed by atoms with Gasteiger partial charge in [-0.1, -0.05) is 6.92 Å². The molecule has 0 spiro atoms. The number of halogens is 3. The molecule has 0 rings (SSSR count). The highest BCUT2D eigenvalue weighted by molar-refractivity contribution is 6.58. The Morgan fingerprint density at radius 3 is 2.36 bits per heavy atom. The first-order valence-corrected chi connectivity index (χ1v) is 4.53. The maximum atomic E-state index is 12.1. The smallest absolute Gasteiger partial charge is 0.448 e. The summed E-state index contributed by atoms with van der Waals surface area (Å²) in [6.45, 7) is -2.98. The Morgan fingerprint density at radius 2 is 2.00 bits per heavy atom. The van der Waals surface area contributed by atoms with E-state index in [0.717, 1.165) is 4.90 Å². The van der Waals surface area contributed by atoms with Crippen molar-refractivity contribution in [2.75, 3.05) is 26.6 Å². The van der Waals surface area contributed by atoms with Crippen molar-refractivity contribution in [2.45, 2.75) is 13.3 Å². The number of nitrogens with zero attached hydrogens (tertiary/aromatic N) is 1. The molecule has 7 heteroatoms. The van der Waals surface area contributed by atoms with E-state index in [2.05, 4.69) is 5.32 Å².